The van der Waals surface area contributed by atoms with Gasteiger partial charge in [0.2, 0.25) is 0 Å². The van der Waals surface area contributed by atoms with Crippen LogP contribution >= 0.6 is 0 Å². The number of hydrogen-bond acceptors (Lipinski definition) is 1. The van der Waals surface area contributed by atoms with Crippen LogP contribution < -0.4 is 0 Å². The van der Waals surface area contributed by atoms with E-state index < -0.39 is 0 Å². The van der Waals surface area contributed by atoms with Gasteiger partial charge in [-0.3, -0.25) is 4.79 Å². The highest BCUT2D eigenvalue weighted by molar-refractivity contribution is 5.98. The van der Waals surface area contributed by atoms with Crippen molar-refractivity contribution in [2.75, 3.05) is 0 Å². The molecule has 0 saturated heterocycles. The SMILES string of the molecule is CC(C)(C)c1cccc2c1CCCC2=O. The fourth-order valence-electron chi connectivity index (χ4n) is 2.38. The zero-order valence-electron chi connectivity index (χ0n) is 9.76. The third-order valence-electron chi connectivity index (χ3n) is 3.12. The van der Waals surface area contributed by atoms with E-state index in [1.165, 1.54) is 11.1 Å². The number of benzene rings is 1. The van der Waals surface area contributed by atoms with Crippen LogP contribution in [0.5, 0.6) is 0 Å². The molecule has 0 bridgehead atoms. The van der Waals surface area contributed by atoms with E-state index in [0.717, 1.165) is 24.8 Å². The lowest BCUT2D eigenvalue weighted by atomic mass is 9.78. The predicted octanol–water partition coefficient (Wildman–Crippen LogP) is 3.50. The van der Waals surface area contributed by atoms with Crippen LogP contribution in [0.4, 0.5) is 0 Å². The lowest BCUT2D eigenvalue weighted by molar-refractivity contribution is 0.0972. The first-order chi connectivity index (χ1) is 7.00. The van der Waals surface area contributed by atoms with Crippen LogP contribution in [0, 0.1) is 0 Å². The lowest BCUT2D eigenvalue weighted by Gasteiger charge is -2.26. The van der Waals surface area contributed by atoms with E-state index in [2.05, 4.69) is 26.8 Å². The first kappa shape index (κ1) is 10.4. The first-order valence-electron chi connectivity index (χ1n) is 5.66. The van der Waals surface area contributed by atoms with Crippen LogP contribution in [0.2, 0.25) is 0 Å². The molecule has 0 unspecified atom stereocenters. The number of hydrogen-bond donors (Lipinski definition) is 0. The van der Waals surface area contributed by atoms with Gasteiger partial charge in [0, 0.05) is 12.0 Å². The first-order valence-corrected chi connectivity index (χ1v) is 5.66. The summed E-state index contributed by atoms with van der Waals surface area (Å²) >= 11 is 0. The minimum absolute atomic E-state index is 0.142. The van der Waals surface area contributed by atoms with Crippen LogP contribution in [0.15, 0.2) is 18.2 Å². The van der Waals surface area contributed by atoms with Crippen molar-refractivity contribution in [3.05, 3.63) is 34.9 Å². The molecule has 0 amide bonds. The Labute approximate surface area is 91.5 Å². The summed E-state index contributed by atoms with van der Waals surface area (Å²) in [5, 5.41) is 0. The maximum Gasteiger partial charge on any atom is 0.163 e. The van der Waals surface area contributed by atoms with Gasteiger partial charge in [0.1, 0.15) is 0 Å². The summed E-state index contributed by atoms with van der Waals surface area (Å²) in [5.41, 5.74) is 3.74. The summed E-state index contributed by atoms with van der Waals surface area (Å²) in [7, 11) is 0. The number of rotatable bonds is 0. The number of fused-ring (bicyclic) bond motifs is 1. The Morgan fingerprint density at radius 1 is 1.13 bits per heavy atom. The molecular weight excluding hydrogens is 184 g/mol. The Balaban J connectivity index is 2.59. The molecule has 1 heteroatoms. The standard InChI is InChI=1S/C14H18O/c1-14(2,3)12-8-4-7-11-10(12)6-5-9-13(11)15/h4,7-8H,5-6,9H2,1-3H3. The summed E-state index contributed by atoms with van der Waals surface area (Å²) in [6.07, 6.45) is 2.80. The van der Waals surface area contributed by atoms with Crippen LogP contribution in [0.1, 0.15) is 55.1 Å². The molecule has 0 radical (unpaired) electrons. The van der Waals surface area contributed by atoms with Crippen molar-refractivity contribution in [3.8, 4) is 0 Å². The second-order valence-electron chi connectivity index (χ2n) is 5.36. The summed E-state index contributed by atoms with van der Waals surface area (Å²) < 4.78 is 0. The molecule has 0 atom stereocenters. The van der Waals surface area contributed by atoms with Gasteiger partial charge in [-0.15, -0.1) is 0 Å². The van der Waals surface area contributed by atoms with Gasteiger partial charge in [0.05, 0.1) is 0 Å². The molecule has 0 aromatic heterocycles. The molecule has 15 heavy (non-hydrogen) atoms. The van der Waals surface area contributed by atoms with Crippen molar-refractivity contribution in [1.82, 2.24) is 0 Å². The minimum Gasteiger partial charge on any atom is -0.294 e. The number of ketones is 1. The Kier molecular flexibility index (Phi) is 2.41. The fourth-order valence-corrected chi connectivity index (χ4v) is 2.38. The van der Waals surface area contributed by atoms with Gasteiger partial charge in [0.25, 0.3) is 0 Å². The van der Waals surface area contributed by atoms with Crippen LogP contribution in [-0.4, -0.2) is 5.78 Å². The highest BCUT2D eigenvalue weighted by Gasteiger charge is 2.24. The van der Waals surface area contributed by atoms with Crippen molar-refractivity contribution in [2.45, 2.75) is 45.4 Å². The fraction of sp³-hybridized carbons (Fsp3) is 0.500. The molecule has 0 aliphatic heterocycles. The van der Waals surface area contributed by atoms with Gasteiger partial charge in [-0.1, -0.05) is 39.0 Å². The number of carbonyl (C=O) groups excluding carboxylic acids is 1. The summed E-state index contributed by atoms with van der Waals surface area (Å²) in [4.78, 5) is 11.8. The molecule has 1 aliphatic rings. The Morgan fingerprint density at radius 3 is 2.53 bits per heavy atom. The Bertz CT molecular complexity index is 396. The lowest BCUT2D eigenvalue weighted by Crippen LogP contribution is -2.20. The van der Waals surface area contributed by atoms with Gasteiger partial charge in [-0.2, -0.15) is 0 Å². The van der Waals surface area contributed by atoms with E-state index in [-0.39, 0.29) is 5.41 Å². The average Bonchev–Trinajstić information content (AvgIpc) is 2.16. The van der Waals surface area contributed by atoms with Crippen molar-refractivity contribution in [3.63, 3.8) is 0 Å². The maximum atomic E-state index is 11.8. The van der Waals surface area contributed by atoms with Gasteiger partial charge < -0.3 is 0 Å². The van der Waals surface area contributed by atoms with E-state index >= 15 is 0 Å². The molecule has 1 aromatic carbocycles. The van der Waals surface area contributed by atoms with Gasteiger partial charge in [0.15, 0.2) is 5.78 Å². The molecule has 80 valence electrons. The number of Topliss-reactive ketones (excluding diaryl/α,β-unsaturated/α-hetero) is 1. The summed E-state index contributed by atoms with van der Waals surface area (Å²) in [5.74, 6) is 0.322. The van der Waals surface area contributed by atoms with E-state index in [0.29, 0.717) is 5.78 Å². The van der Waals surface area contributed by atoms with E-state index in [9.17, 15) is 4.79 Å². The normalized spacial score (nSPS) is 16.3. The molecule has 1 nitrogen and oxygen atoms in total. The molecule has 1 aromatic rings. The van der Waals surface area contributed by atoms with Crippen LogP contribution in [-0.2, 0) is 11.8 Å². The molecule has 0 spiro atoms. The largest absolute Gasteiger partial charge is 0.294 e. The summed E-state index contributed by atoms with van der Waals surface area (Å²) in [6.45, 7) is 6.63. The third-order valence-corrected chi connectivity index (χ3v) is 3.12. The molecule has 0 heterocycles. The molecule has 2 rings (SSSR count). The maximum absolute atomic E-state index is 11.8. The van der Waals surface area contributed by atoms with Crippen molar-refractivity contribution in [1.29, 1.82) is 0 Å². The van der Waals surface area contributed by atoms with Crippen LogP contribution in [0.3, 0.4) is 0 Å². The molecule has 1 aliphatic carbocycles. The molecule has 0 fully saturated rings. The van der Waals surface area contributed by atoms with Crippen molar-refractivity contribution in [2.24, 2.45) is 0 Å². The van der Waals surface area contributed by atoms with Crippen molar-refractivity contribution < 1.29 is 4.79 Å². The monoisotopic (exact) mass is 202 g/mol. The topological polar surface area (TPSA) is 17.1 Å². The van der Waals surface area contributed by atoms with Gasteiger partial charge in [-0.25, -0.2) is 0 Å². The Morgan fingerprint density at radius 2 is 1.87 bits per heavy atom. The minimum atomic E-state index is 0.142. The number of carbonyl (C=O) groups is 1. The predicted molar refractivity (Wildman–Crippen MR) is 62.4 cm³/mol. The van der Waals surface area contributed by atoms with E-state index in [1.807, 2.05) is 12.1 Å². The second-order valence-corrected chi connectivity index (χ2v) is 5.36. The Hall–Kier alpha value is -1.11. The highest BCUT2D eigenvalue weighted by Crippen LogP contribution is 2.32. The molecule has 0 saturated carbocycles. The average molecular weight is 202 g/mol. The van der Waals surface area contributed by atoms with Crippen LogP contribution in [0.25, 0.3) is 0 Å². The second kappa shape index (κ2) is 3.48. The quantitative estimate of drug-likeness (QED) is 0.629. The van der Waals surface area contributed by atoms with Crippen molar-refractivity contribution >= 4 is 5.78 Å². The molecular formula is C14H18O. The smallest absolute Gasteiger partial charge is 0.163 e. The zero-order valence-corrected chi connectivity index (χ0v) is 9.76. The highest BCUT2D eigenvalue weighted by atomic mass is 16.1. The van der Waals surface area contributed by atoms with Gasteiger partial charge >= 0.3 is 0 Å². The summed E-state index contributed by atoms with van der Waals surface area (Å²) in [6, 6.07) is 6.16. The van der Waals surface area contributed by atoms with E-state index in [4.69, 9.17) is 0 Å². The van der Waals surface area contributed by atoms with Gasteiger partial charge in [-0.05, 0) is 29.4 Å². The zero-order chi connectivity index (χ0) is 11.1. The molecule has 0 N–H and O–H groups in total. The van der Waals surface area contributed by atoms with E-state index in [1.54, 1.807) is 0 Å². The third kappa shape index (κ3) is 1.83.